The topological polar surface area (TPSA) is 53.1 Å². The van der Waals surface area contributed by atoms with Gasteiger partial charge in [0.25, 0.3) is 0 Å². The number of rotatable bonds is 3. The van der Waals surface area contributed by atoms with Crippen molar-refractivity contribution in [2.24, 2.45) is 0 Å². The molecule has 0 unspecified atom stereocenters. The molecule has 100 valence electrons. The van der Waals surface area contributed by atoms with E-state index in [0.717, 1.165) is 22.8 Å². The molecule has 0 atom stereocenters. The zero-order chi connectivity index (χ0) is 13.4. The molecule has 1 heterocycles. The number of aryl methyl sites for hydroxylation is 3. The highest BCUT2D eigenvalue weighted by Crippen LogP contribution is 2.26. The molecule has 0 amide bonds. The second-order valence-corrected chi connectivity index (χ2v) is 5.14. The maximum absolute atomic E-state index is 5.91. The van der Waals surface area contributed by atoms with Crippen molar-refractivity contribution in [2.45, 2.75) is 39.8 Å². The SMILES string of the molecule is Cc1nn(COc2ccc3c(c2)CCC3)c(C)c1N. The molecule has 4 heteroatoms. The summed E-state index contributed by atoms with van der Waals surface area (Å²) in [4.78, 5) is 0. The van der Waals surface area contributed by atoms with E-state index in [4.69, 9.17) is 10.5 Å². The summed E-state index contributed by atoms with van der Waals surface area (Å²) >= 11 is 0. The van der Waals surface area contributed by atoms with Crippen LogP contribution in [-0.2, 0) is 19.6 Å². The lowest BCUT2D eigenvalue weighted by Crippen LogP contribution is -2.09. The molecule has 2 N–H and O–H groups in total. The largest absolute Gasteiger partial charge is 0.471 e. The lowest BCUT2D eigenvalue weighted by molar-refractivity contribution is 0.218. The highest BCUT2D eigenvalue weighted by molar-refractivity contribution is 5.46. The quantitative estimate of drug-likeness (QED) is 0.919. The van der Waals surface area contributed by atoms with E-state index in [1.54, 1.807) is 4.68 Å². The van der Waals surface area contributed by atoms with E-state index in [1.165, 1.54) is 30.4 Å². The predicted octanol–water partition coefficient (Wildman–Crippen LogP) is 2.61. The van der Waals surface area contributed by atoms with Crippen LogP contribution in [0.4, 0.5) is 5.69 Å². The molecule has 1 aromatic heterocycles. The summed E-state index contributed by atoms with van der Waals surface area (Å²) in [6.45, 7) is 4.28. The summed E-state index contributed by atoms with van der Waals surface area (Å²) in [5.74, 6) is 0.909. The number of anilines is 1. The van der Waals surface area contributed by atoms with E-state index in [0.29, 0.717) is 6.73 Å². The fraction of sp³-hybridized carbons (Fsp3) is 0.400. The molecule has 0 radical (unpaired) electrons. The van der Waals surface area contributed by atoms with Gasteiger partial charge < -0.3 is 10.5 Å². The molecule has 2 aromatic rings. The van der Waals surface area contributed by atoms with Gasteiger partial charge in [-0.2, -0.15) is 5.10 Å². The number of benzene rings is 1. The number of nitrogens with two attached hydrogens (primary N) is 1. The molecule has 3 rings (SSSR count). The summed E-state index contributed by atoms with van der Waals surface area (Å²) in [5.41, 5.74) is 11.4. The highest BCUT2D eigenvalue weighted by atomic mass is 16.5. The van der Waals surface area contributed by atoms with E-state index < -0.39 is 0 Å². The Morgan fingerprint density at radius 1 is 1.26 bits per heavy atom. The molecule has 1 aliphatic carbocycles. The van der Waals surface area contributed by atoms with Crippen molar-refractivity contribution in [1.82, 2.24) is 9.78 Å². The van der Waals surface area contributed by atoms with E-state index in [1.807, 2.05) is 19.9 Å². The molecule has 1 aromatic carbocycles. The second-order valence-electron chi connectivity index (χ2n) is 5.14. The number of hydrogen-bond donors (Lipinski definition) is 1. The lowest BCUT2D eigenvalue weighted by Gasteiger charge is -2.09. The van der Waals surface area contributed by atoms with Gasteiger partial charge in [-0.25, -0.2) is 4.68 Å². The van der Waals surface area contributed by atoms with E-state index >= 15 is 0 Å². The Hall–Kier alpha value is -1.97. The van der Waals surface area contributed by atoms with Gasteiger partial charge in [-0.1, -0.05) is 6.07 Å². The minimum Gasteiger partial charge on any atom is -0.471 e. The van der Waals surface area contributed by atoms with Crippen molar-refractivity contribution in [3.8, 4) is 5.75 Å². The maximum atomic E-state index is 5.91. The molecule has 0 aliphatic heterocycles. The zero-order valence-electron chi connectivity index (χ0n) is 11.4. The summed E-state index contributed by atoms with van der Waals surface area (Å²) in [7, 11) is 0. The van der Waals surface area contributed by atoms with Crippen LogP contribution in [0.2, 0.25) is 0 Å². The standard InChI is InChI=1S/C15H19N3O/c1-10-15(16)11(2)18(17-10)9-19-14-7-6-12-4-3-5-13(12)8-14/h6-8H,3-5,9,16H2,1-2H3. The van der Waals surface area contributed by atoms with Crippen LogP contribution in [0.3, 0.4) is 0 Å². The Labute approximate surface area is 113 Å². The average Bonchev–Trinajstić information content (AvgIpc) is 2.96. The number of nitrogen functional groups attached to an aromatic ring is 1. The Morgan fingerprint density at radius 2 is 2.05 bits per heavy atom. The molecule has 0 saturated heterocycles. The van der Waals surface area contributed by atoms with Gasteiger partial charge in [0.2, 0.25) is 0 Å². The average molecular weight is 257 g/mol. The van der Waals surface area contributed by atoms with Crippen molar-refractivity contribution in [1.29, 1.82) is 0 Å². The normalized spacial score (nSPS) is 13.6. The molecular formula is C15H19N3O. The van der Waals surface area contributed by atoms with Crippen molar-refractivity contribution < 1.29 is 4.74 Å². The van der Waals surface area contributed by atoms with Crippen molar-refractivity contribution in [3.63, 3.8) is 0 Å². The van der Waals surface area contributed by atoms with Gasteiger partial charge in [0, 0.05) is 0 Å². The van der Waals surface area contributed by atoms with Gasteiger partial charge in [0.05, 0.1) is 17.1 Å². The highest BCUT2D eigenvalue weighted by Gasteiger charge is 2.12. The lowest BCUT2D eigenvalue weighted by atomic mass is 10.1. The fourth-order valence-electron chi connectivity index (χ4n) is 2.61. The van der Waals surface area contributed by atoms with Crippen LogP contribution in [0.5, 0.6) is 5.75 Å². The monoisotopic (exact) mass is 257 g/mol. The van der Waals surface area contributed by atoms with Crippen LogP contribution in [0.1, 0.15) is 28.9 Å². The summed E-state index contributed by atoms with van der Waals surface area (Å²) < 4.78 is 7.61. The third kappa shape index (κ3) is 2.18. The Bertz CT molecular complexity index is 616. The summed E-state index contributed by atoms with van der Waals surface area (Å²) in [6.07, 6.45) is 3.62. The third-order valence-electron chi connectivity index (χ3n) is 3.86. The van der Waals surface area contributed by atoms with Gasteiger partial charge in [0.1, 0.15) is 5.75 Å². The Kier molecular flexibility index (Phi) is 2.93. The first-order valence-corrected chi connectivity index (χ1v) is 6.69. The fourth-order valence-corrected chi connectivity index (χ4v) is 2.61. The number of hydrogen-bond acceptors (Lipinski definition) is 3. The molecular weight excluding hydrogens is 238 g/mol. The van der Waals surface area contributed by atoms with E-state index in [-0.39, 0.29) is 0 Å². The Balaban J connectivity index is 1.74. The first-order chi connectivity index (χ1) is 9.15. The minimum atomic E-state index is 0.405. The molecule has 0 bridgehead atoms. The van der Waals surface area contributed by atoms with Crippen LogP contribution < -0.4 is 10.5 Å². The van der Waals surface area contributed by atoms with Gasteiger partial charge in [-0.05, 0) is 56.4 Å². The predicted molar refractivity (Wildman–Crippen MR) is 75.2 cm³/mol. The van der Waals surface area contributed by atoms with Crippen LogP contribution in [-0.4, -0.2) is 9.78 Å². The summed E-state index contributed by atoms with van der Waals surface area (Å²) in [6, 6.07) is 6.36. The zero-order valence-corrected chi connectivity index (χ0v) is 11.4. The number of ether oxygens (including phenoxy) is 1. The van der Waals surface area contributed by atoms with Crippen LogP contribution in [0.15, 0.2) is 18.2 Å². The van der Waals surface area contributed by atoms with Gasteiger partial charge in [0.15, 0.2) is 6.73 Å². The smallest absolute Gasteiger partial charge is 0.181 e. The molecule has 4 nitrogen and oxygen atoms in total. The van der Waals surface area contributed by atoms with Gasteiger partial charge in [-0.3, -0.25) is 0 Å². The molecule has 0 saturated carbocycles. The van der Waals surface area contributed by atoms with Crippen LogP contribution in [0, 0.1) is 13.8 Å². The minimum absolute atomic E-state index is 0.405. The van der Waals surface area contributed by atoms with Crippen LogP contribution in [0.25, 0.3) is 0 Å². The van der Waals surface area contributed by atoms with E-state index in [9.17, 15) is 0 Å². The number of fused-ring (bicyclic) bond motifs is 1. The van der Waals surface area contributed by atoms with Gasteiger partial charge in [-0.15, -0.1) is 0 Å². The molecule has 0 fully saturated rings. The second kappa shape index (κ2) is 4.61. The first-order valence-electron chi connectivity index (χ1n) is 6.69. The Morgan fingerprint density at radius 3 is 2.79 bits per heavy atom. The van der Waals surface area contributed by atoms with Crippen LogP contribution >= 0.6 is 0 Å². The maximum Gasteiger partial charge on any atom is 0.181 e. The number of aromatic nitrogens is 2. The molecule has 19 heavy (non-hydrogen) atoms. The molecule has 1 aliphatic rings. The molecule has 0 spiro atoms. The number of nitrogens with zero attached hydrogens (tertiary/aromatic N) is 2. The van der Waals surface area contributed by atoms with Crippen molar-refractivity contribution in [3.05, 3.63) is 40.7 Å². The van der Waals surface area contributed by atoms with Crippen molar-refractivity contribution in [2.75, 3.05) is 5.73 Å². The first kappa shape index (κ1) is 12.1. The third-order valence-corrected chi connectivity index (χ3v) is 3.86. The van der Waals surface area contributed by atoms with E-state index in [2.05, 4.69) is 17.2 Å². The van der Waals surface area contributed by atoms with Crippen molar-refractivity contribution >= 4 is 5.69 Å². The van der Waals surface area contributed by atoms with Gasteiger partial charge >= 0.3 is 0 Å². The summed E-state index contributed by atoms with van der Waals surface area (Å²) in [5, 5.41) is 4.36.